The Bertz CT molecular complexity index is 391. The third kappa shape index (κ3) is 5.35. The summed E-state index contributed by atoms with van der Waals surface area (Å²) in [5.74, 6) is -0.173. The number of hydrogen-bond donors (Lipinski definition) is 2. The predicted molar refractivity (Wildman–Crippen MR) is 63.8 cm³/mol. The fraction of sp³-hybridized carbons (Fsp3) is 0.500. The zero-order valence-corrected chi connectivity index (χ0v) is 10.3. The molecule has 7 heteroatoms. The number of urea groups is 1. The lowest BCUT2D eigenvalue weighted by Gasteiger charge is -2.04. The molecule has 0 aromatic carbocycles. The van der Waals surface area contributed by atoms with Crippen molar-refractivity contribution in [3.05, 3.63) is 18.0 Å². The van der Waals surface area contributed by atoms with Crippen LogP contribution in [-0.2, 0) is 18.3 Å². The molecule has 0 unspecified atom stereocenters. The summed E-state index contributed by atoms with van der Waals surface area (Å²) in [5.41, 5.74) is 1.03. The smallest absolute Gasteiger partial charge is 0.321 e. The van der Waals surface area contributed by atoms with E-state index in [9.17, 15) is 9.59 Å². The summed E-state index contributed by atoms with van der Waals surface area (Å²) in [4.78, 5) is 22.2. The van der Waals surface area contributed by atoms with Crippen molar-refractivity contribution >= 4 is 23.5 Å². The highest BCUT2D eigenvalue weighted by Gasteiger charge is 2.06. The monoisotopic (exact) mass is 258 g/mol. The number of nitrogens with one attached hydrogen (secondary N) is 2. The van der Waals surface area contributed by atoms with E-state index in [4.69, 9.17) is 11.6 Å². The van der Waals surface area contributed by atoms with Crippen LogP contribution in [0.4, 0.5) is 4.79 Å². The number of amides is 3. The van der Waals surface area contributed by atoms with Crippen LogP contribution in [0.25, 0.3) is 0 Å². The van der Waals surface area contributed by atoms with Gasteiger partial charge in [0.2, 0.25) is 5.91 Å². The van der Waals surface area contributed by atoms with Gasteiger partial charge in [-0.05, 0) is 12.0 Å². The van der Waals surface area contributed by atoms with E-state index in [2.05, 4.69) is 15.7 Å². The van der Waals surface area contributed by atoms with Gasteiger partial charge in [-0.15, -0.1) is 11.6 Å². The molecule has 0 fully saturated rings. The van der Waals surface area contributed by atoms with Gasteiger partial charge in [0.15, 0.2) is 0 Å². The Morgan fingerprint density at radius 2 is 2.29 bits per heavy atom. The SMILES string of the molecule is Cn1cc(CCNC(=O)NC(=O)CCCl)cn1. The first-order chi connectivity index (χ1) is 8.11. The Labute approximate surface area is 104 Å². The van der Waals surface area contributed by atoms with Crippen molar-refractivity contribution < 1.29 is 9.59 Å². The van der Waals surface area contributed by atoms with Gasteiger partial charge in [0.1, 0.15) is 0 Å². The van der Waals surface area contributed by atoms with Crippen LogP contribution < -0.4 is 10.6 Å². The normalized spacial score (nSPS) is 10.0. The average Bonchev–Trinajstić information content (AvgIpc) is 2.64. The molecule has 0 aliphatic rings. The standard InChI is InChI=1S/C10H15ClN4O2/c1-15-7-8(6-13-15)3-5-12-10(17)14-9(16)2-4-11/h6-7H,2-5H2,1H3,(H2,12,14,16,17). The number of imide groups is 1. The van der Waals surface area contributed by atoms with E-state index in [0.29, 0.717) is 13.0 Å². The van der Waals surface area contributed by atoms with E-state index in [-0.39, 0.29) is 18.2 Å². The number of aryl methyl sites for hydroxylation is 1. The second-order valence-corrected chi connectivity index (χ2v) is 3.89. The summed E-state index contributed by atoms with van der Waals surface area (Å²) in [6, 6.07) is -0.496. The minimum Gasteiger partial charge on any atom is -0.337 e. The maximum Gasteiger partial charge on any atom is 0.321 e. The van der Waals surface area contributed by atoms with Crippen molar-refractivity contribution in [2.75, 3.05) is 12.4 Å². The number of alkyl halides is 1. The van der Waals surface area contributed by atoms with E-state index < -0.39 is 6.03 Å². The van der Waals surface area contributed by atoms with E-state index >= 15 is 0 Å². The molecule has 0 aliphatic carbocycles. The summed E-state index contributed by atoms with van der Waals surface area (Å²) in [5, 5.41) is 8.76. The lowest BCUT2D eigenvalue weighted by Crippen LogP contribution is -2.40. The molecule has 0 radical (unpaired) electrons. The number of halogens is 1. The Balaban J connectivity index is 2.18. The molecular formula is C10H15ClN4O2. The number of carbonyl (C=O) groups is 2. The second-order valence-electron chi connectivity index (χ2n) is 3.52. The largest absolute Gasteiger partial charge is 0.337 e. The number of rotatable bonds is 5. The number of carbonyl (C=O) groups excluding carboxylic acids is 2. The summed E-state index contributed by atoms with van der Waals surface area (Å²) in [7, 11) is 1.83. The predicted octanol–water partition coefficient (Wildman–Crippen LogP) is 0.417. The molecule has 3 amide bonds. The van der Waals surface area contributed by atoms with Crippen molar-refractivity contribution in [2.24, 2.45) is 7.05 Å². The van der Waals surface area contributed by atoms with Crippen LogP contribution >= 0.6 is 11.6 Å². The van der Waals surface area contributed by atoms with Crippen LogP contribution in [0.1, 0.15) is 12.0 Å². The first-order valence-electron chi connectivity index (χ1n) is 5.23. The molecular weight excluding hydrogens is 244 g/mol. The summed E-state index contributed by atoms with van der Waals surface area (Å²) in [6.45, 7) is 0.450. The van der Waals surface area contributed by atoms with Crippen molar-refractivity contribution in [1.82, 2.24) is 20.4 Å². The van der Waals surface area contributed by atoms with Gasteiger partial charge in [-0.1, -0.05) is 0 Å². The summed E-state index contributed by atoms with van der Waals surface area (Å²) >= 11 is 5.36. The van der Waals surface area contributed by atoms with Gasteiger partial charge in [0.25, 0.3) is 0 Å². The maximum absolute atomic E-state index is 11.2. The van der Waals surface area contributed by atoms with E-state index in [1.54, 1.807) is 10.9 Å². The van der Waals surface area contributed by atoms with Gasteiger partial charge in [-0.3, -0.25) is 14.8 Å². The third-order valence-corrected chi connectivity index (χ3v) is 2.22. The topological polar surface area (TPSA) is 76.0 Å². The lowest BCUT2D eigenvalue weighted by atomic mass is 10.2. The molecule has 0 saturated heterocycles. The number of aromatic nitrogens is 2. The first-order valence-corrected chi connectivity index (χ1v) is 5.76. The molecule has 2 N–H and O–H groups in total. The molecule has 0 aliphatic heterocycles. The Hall–Kier alpha value is -1.56. The molecule has 17 heavy (non-hydrogen) atoms. The molecule has 6 nitrogen and oxygen atoms in total. The van der Waals surface area contributed by atoms with Crippen LogP contribution in [-0.4, -0.2) is 34.1 Å². The van der Waals surface area contributed by atoms with Crippen LogP contribution in [0.2, 0.25) is 0 Å². The van der Waals surface area contributed by atoms with E-state index in [0.717, 1.165) is 5.56 Å². The average molecular weight is 259 g/mol. The molecule has 1 aromatic heterocycles. The lowest BCUT2D eigenvalue weighted by molar-refractivity contribution is -0.119. The molecule has 0 spiro atoms. The second kappa shape index (κ2) is 6.90. The minimum atomic E-state index is -0.496. The van der Waals surface area contributed by atoms with Crippen LogP contribution in [0, 0.1) is 0 Å². The molecule has 1 rings (SSSR count). The van der Waals surface area contributed by atoms with Crippen molar-refractivity contribution in [2.45, 2.75) is 12.8 Å². The van der Waals surface area contributed by atoms with Crippen molar-refractivity contribution in [3.63, 3.8) is 0 Å². The van der Waals surface area contributed by atoms with Crippen LogP contribution in [0.15, 0.2) is 12.4 Å². The highest BCUT2D eigenvalue weighted by Crippen LogP contribution is 1.95. The minimum absolute atomic E-state index is 0.136. The molecule has 94 valence electrons. The molecule has 0 bridgehead atoms. The zero-order valence-electron chi connectivity index (χ0n) is 9.57. The molecule has 1 aromatic rings. The third-order valence-electron chi connectivity index (χ3n) is 2.03. The van der Waals surface area contributed by atoms with Crippen LogP contribution in [0.5, 0.6) is 0 Å². The van der Waals surface area contributed by atoms with E-state index in [1.807, 2.05) is 13.2 Å². The fourth-order valence-corrected chi connectivity index (χ4v) is 1.41. The number of hydrogen-bond acceptors (Lipinski definition) is 3. The van der Waals surface area contributed by atoms with Crippen molar-refractivity contribution in [1.29, 1.82) is 0 Å². The van der Waals surface area contributed by atoms with Gasteiger partial charge in [-0.25, -0.2) is 4.79 Å². The van der Waals surface area contributed by atoms with Gasteiger partial charge < -0.3 is 5.32 Å². The van der Waals surface area contributed by atoms with Gasteiger partial charge in [0.05, 0.1) is 6.20 Å². The highest BCUT2D eigenvalue weighted by molar-refractivity contribution is 6.19. The van der Waals surface area contributed by atoms with Gasteiger partial charge in [-0.2, -0.15) is 5.10 Å². The zero-order chi connectivity index (χ0) is 12.7. The quantitative estimate of drug-likeness (QED) is 0.752. The first kappa shape index (κ1) is 13.5. The van der Waals surface area contributed by atoms with Crippen LogP contribution in [0.3, 0.4) is 0 Å². The fourth-order valence-electron chi connectivity index (χ4n) is 1.24. The van der Waals surface area contributed by atoms with E-state index in [1.165, 1.54) is 0 Å². The number of nitrogens with zero attached hydrogens (tertiary/aromatic N) is 2. The van der Waals surface area contributed by atoms with Gasteiger partial charge in [0, 0.05) is 32.1 Å². The summed E-state index contributed by atoms with van der Waals surface area (Å²) < 4.78 is 1.69. The van der Waals surface area contributed by atoms with Gasteiger partial charge >= 0.3 is 6.03 Å². The molecule has 1 heterocycles. The maximum atomic E-state index is 11.2. The molecule has 0 saturated carbocycles. The Morgan fingerprint density at radius 3 is 2.88 bits per heavy atom. The Kier molecular flexibility index (Phi) is 5.48. The highest BCUT2D eigenvalue weighted by atomic mass is 35.5. The van der Waals surface area contributed by atoms with Crippen molar-refractivity contribution in [3.8, 4) is 0 Å². The summed E-state index contributed by atoms with van der Waals surface area (Å²) in [6.07, 6.45) is 4.42. The molecule has 0 atom stereocenters. The Morgan fingerprint density at radius 1 is 1.53 bits per heavy atom.